The largest absolute Gasteiger partial charge is 0.311 e. The van der Waals surface area contributed by atoms with Gasteiger partial charge in [-0.1, -0.05) is 19.3 Å². The van der Waals surface area contributed by atoms with Crippen molar-refractivity contribution in [2.75, 3.05) is 7.05 Å². The van der Waals surface area contributed by atoms with Gasteiger partial charge < -0.3 is 5.32 Å². The molecule has 21 heavy (non-hydrogen) atoms. The fourth-order valence-corrected chi connectivity index (χ4v) is 5.47. The standard InChI is InChI=1S/C14H27N3O2S.ClH/c1-17(14-5-3-2-4-6-14)20(18,19)16-13-9-11-7-8-12(10-13)15-11;/h11-16H,2-10H2,1H3;1H. The molecule has 1 aliphatic carbocycles. The second kappa shape index (κ2) is 7.13. The lowest BCUT2D eigenvalue weighted by Gasteiger charge is -2.34. The molecule has 2 atom stereocenters. The van der Waals surface area contributed by atoms with E-state index < -0.39 is 10.2 Å². The quantitative estimate of drug-likeness (QED) is 0.822. The van der Waals surface area contributed by atoms with Gasteiger partial charge in [0.25, 0.3) is 10.2 Å². The summed E-state index contributed by atoms with van der Waals surface area (Å²) in [7, 11) is -1.58. The topological polar surface area (TPSA) is 61.4 Å². The van der Waals surface area contributed by atoms with E-state index in [-0.39, 0.29) is 24.5 Å². The smallest absolute Gasteiger partial charge is 0.279 e. The number of fused-ring (bicyclic) bond motifs is 2. The highest BCUT2D eigenvalue weighted by Crippen LogP contribution is 2.28. The summed E-state index contributed by atoms with van der Waals surface area (Å²) in [4.78, 5) is 0. The van der Waals surface area contributed by atoms with Crippen molar-refractivity contribution in [3.63, 3.8) is 0 Å². The fourth-order valence-electron chi connectivity index (χ4n) is 4.09. The van der Waals surface area contributed by atoms with Gasteiger partial charge in [0.2, 0.25) is 0 Å². The molecule has 3 fully saturated rings. The SMILES string of the molecule is CN(C1CCCCC1)S(=O)(=O)NC1CC2CCC(C1)N2.Cl. The van der Waals surface area contributed by atoms with E-state index in [9.17, 15) is 8.42 Å². The van der Waals surface area contributed by atoms with Crippen molar-refractivity contribution in [2.24, 2.45) is 0 Å². The molecule has 3 aliphatic rings. The molecule has 5 nitrogen and oxygen atoms in total. The van der Waals surface area contributed by atoms with Gasteiger partial charge in [0.05, 0.1) is 0 Å². The van der Waals surface area contributed by atoms with E-state index in [4.69, 9.17) is 0 Å². The Kier molecular flexibility index (Phi) is 5.93. The zero-order valence-corrected chi connectivity index (χ0v) is 14.4. The van der Waals surface area contributed by atoms with E-state index in [0.717, 1.165) is 38.5 Å². The highest BCUT2D eigenvalue weighted by molar-refractivity contribution is 7.87. The fraction of sp³-hybridized carbons (Fsp3) is 1.00. The first-order valence-corrected chi connectivity index (χ1v) is 9.50. The molecule has 2 N–H and O–H groups in total. The van der Waals surface area contributed by atoms with Gasteiger partial charge >= 0.3 is 0 Å². The number of nitrogens with one attached hydrogen (secondary N) is 2. The normalized spacial score (nSPS) is 33.9. The Hall–Kier alpha value is 0.120. The van der Waals surface area contributed by atoms with Gasteiger partial charge in [-0.25, -0.2) is 0 Å². The Morgan fingerprint density at radius 3 is 2.14 bits per heavy atom. The Balaban J connectivity index is 0.00000161. The zero-order valence-electron chi connectivity index (χ0n) is 12.8. The van der Waals surface area contributed by atoms with Crippen molar-refractivity contribution in [1.82, 2.24) is 14.3 Å². The molecule has 2 unspecified atom stereocenters. The summed E-state index contributed by atoms with van der Waals surface area (Å²) < 4.78 is 29.6. The number of rotatable bonds is 4. The van der Waals surface area contributed by atoms with Gasteiger partial charge in [0.15, 0.2) is 0 Å². The van der Waals surface area contributed by atoms with Crippen molar-refractivity contribution in [2.45, 2.75) is 82.0 Å². The first-order chi connectivity index (χ1) is 9.54. The molecule has 7 heteroatoms. The van der Waals surface area contributed by atoms with Crippen LogP contribution in [0.1, 0.15) is 57.8 Å². The average molecular weight is 338 g/mol. The van der Waals surface area contributed by atoms with Crippen LogP contribution >= 0.6 is 12.4 Å². The predicted octanol–water partition coefficient (Wildman–Crippen LogP) is 1.79. The van der Waals surface area contributed by atoms with E-state index in [2.05, 4.69) is 10.0 Å². The summed E-state index contributed by atoms with van der Waals surface area (Å²) >= 11 is 0. The summed E-state index contributed by atoms with van der Waals surface area (Å²) in [6.07, 6.45) is 9.84. The van der Waals surface area contributed by atoms with Gasteiger partial charge in [0, 0.05) is 31.2 Å². The Bertz CT molecular complexity index is 428. The van der Waals surface area contributed by atoms with Crippen LogP contribution in [0.15, 0.2) is 0 Å². The lowest BCUT2D eigenvalue weighted by atomic mass is 9.96. The van der Waals surface area contributed by atoms with Crippen LogP contribution in [0, 0.1) is 0 Å². The molecule has 124 valence electrons. The van der Waals surface area contributed by atoms with Crippen LogP contribution in [0.5, 0.6) is 0 Å². The lowest BCUT2D eigenvalue weighted by molar-refractivity contribution is 0.275. The second-order valence-electron chi connectivity index (χ2n) is 6.74. The van der Waals surface area contributed by atoms with Crippen LogP contribution in [0.2, 0.25) is 0 Å². The summed E-state index contributed by atoms with van der Waals surface area (Å²) in [5.41, 5.74) is 0. The molecule has 1 saturated carbocycles. The summed E-state index contributed by atoms with van der Waals surface area (Å²) in [5, 5.41) is 3.55. The molecule has 0 radical (unpaired) electrons. The summed E-state index contributed by atoms with van der Waals surface area (Å²) in [5.74, 6) is 0. The molecule has 0 aromatic carbocycles. The van der Waals surface area contributed by atoms with Crippen LogP contribution in [-0.4, -0.2) is 43.9 Å². The molecular weight excluding hydrogens is 310 g/mol. The first-order valence-electron chi connectivity index (χ1n) is 8.06. The Labute approximate surface area is 134 Å². The van der Waals surface area contributed by atoms with Gasteiger partial charge in [-0.05, 0) is 38.5 Å². The van der Waals surface area contributed by atoms with E-state index in [1.54, 1.807) is 11.4 Å². The number of hydrogen-bond acceptors (Lipinski definition) is 3. The third kappa shape index (κ3) is 4.10. The number of hydrogen-bond donors (Lipinski definition) is 2. The van der Waals surface area contributed by atoms with Gasteiger partial charge in [0.1, 0.15) is 0 Å². The number of piperidine rings is 1. The third-order valence-electron chi connectivity index (χ3n) is 5.26. The molecule has 2 bridgehead atoms. The maximum absolute atomic E-state index is 12.5. The van der Waals surface area contributed by atoms with Crippen LogP contribution in [0.3, 0.4) is 0 Å². The molecule has 0 aromatic heterocycles. The lowest BCUT2D eigenvalue weighted by Crippen LogP contribution is -2.52. The van der Waals surface area contributed by atoms with Gasteiger partial charge in [-0.2, -0.15) is 17.4 Å². The molecule has 2 heterocycles. The molecule has 2 aliphatic heterocycles. The van der Waals surface area contributed by atoms with E-state index in [1.807, 2.05) is 0 Å². The van der Waals surface area contributed by atoms with Crippen molar-refractivity contribution >= 4 is 22.6 Å². The average Bonchev–Trinajstić information content (AvgIpc) is 2.77. The van der Waals surface area contributed by atoms with E-state index in [1.165, 1.54) is 19.3 Å². The Morgan fingerprint density at radius 1 is 1.00 bits per heavy atom. The van der Waals surface area contributed by atoms with Crippen molar-refractivity contribution in [1.29, 1.82) is 0 Å². The van der Waals surface area contributed by atoms with Crippen LogP contribution in [0.4, 0.5) is 0 Å². The van der Waals surface area contributed by atoms with Gasteiger partial charge in [-0.15, -0.1) is 12.4 Å². The van der Waals surface area contributed by atoms with Crippen LogP contribution in [0.25, 0.3) is 0 Å². The van der Waals surface area contributed by atoms with E-state index in [0.29, 0.717) is 12.1 Å². The highest BCUT2D eigenvalue weighted by Gasteiger charge is 2.36. The van der Waals surface area contributed by atoms with Crippen LogP contribution < -0.4 is 10.0 Å². The highest BCUT2D eigenvalue weighted by atomic mass is 35.5. The van der Waals surface area contributed by atoms with Crippen LogP contribution in [-0.2, 0) is 10.2 Å². The molecule has 3 rings (SSSR count). The molecule has 2 saturated heterocycles. The minimum Gasteiger partial charge on any atom is -0.311 e. The first kappa shape index (κ1) is 17.5. The number of nitrogens with zero attached hydrogens (tertiary/aromatic N) is 1. The minimum absolute atomic E-state index is 0. The zero-order chi connectivity index (χ0) is 14.2. The Morgan fingerprint density at radius 2 is 1.57 bits per heavy atom. The molecule has 0 spiro atoms. The summed E-state index contributed by atoms with van der Waals surface area (Å²) in [6, 6.07) is 1.34. The van der Waals surface area contributed by atoms with Crippen molar-refractivity contribution in [3.05, 3.63) is 0 Å². The summed E-state index contributed by atoms with van der Waals surface area (Å²) in [6.45, 7) is 0. The maximum atomic E-state index is 12.5. The predicted molar refractivity (Wildman–Crippen MR) is 86.9 cm³/mol. The van der Waals surface area contributed by atoms with Crippen molar-refractivity contribution < 1.29 is 8.42 Å². The second-order valence-corrected chi connectivity index (χ2v) is 8.50. The molecule has 0 aromatic rings. The van der Waals surface area contributed by atoms with Crippen molar-refractivity contribution in [3.8, 4) is 0 Å². The maximum Gasteiger partial charge on any atom is 0.279 e. The number of halogens is 1. The monoisotopic (exact) mass is 337 g/mol. The third-order valence-corrected chi connectivity index (χ3v) is 6.94. The molecular formula is C14H28ClN3O2S. The van der Waals surface area contributed by atoms with Gasteiger partial charge in [-0.3, -0.25) is 0 Å². The molecule has 0 amide bonds. The van der Waals surface area contributed by atoms with E-state index >= 15 is 0 Å². The minimum atomic E-state index is -3.32.